The van der Waals surface area contributed by atoms with Gasteiger partial charge >= 0.3 is 0 Å². The number of hydrogen-bond donors (Lipinski definition) is 1. The second kappa shape index (κ2) is 4.39. The first kappa shape index (κ1) is 11.7. The van der Waals surface area contributed by atoms with Gasteiger partial charge in [-0.2, -0.15) is 5.10 Å². The van der Waals surface area contributed by atoms with E-state index in [1.165, 1.54) is 0 Å². The summed E-state index contributed by atoms with van der Waals surface area (Å²) in [5.74, 6) is 0. The number of aryl methyl sites for hydroxylation is 2. The van der Waals surface area contributed by atoms with E-state index in [2.05, 4.69) is 33.7 Å². The van der Waals surface area contributed by atoms with E-state index < -0.39 is 0 Å². The minimum atomic E-state index is 0.455. The van der Waals surface area contributed by atoms with Gasteiger partial charge in [0.2, 0.25) is 0 Å². The van der Waals surface area contributed by atoms with Crippen LogP contribution in [0.4, 0.5) is 0 Å². The van der Waals surface area contributed by atoms with Gasteiger partial charge in [-0.3, -0.25) is 9.25 Å². The molecule has 2 aromatic rings. The minimum absolute atomic E-state index is 0.455. The lowest BCUT2D eigenvalue weighted by Crippen LogP contribution is -2.08. The van der Waals surface area contributed by atoms with Crippen molar-refractivity contribution < 1.29 is 0 Å². The van der Waals surface area contributed by atoms with Crippen molar-refractivity contribution in [1.82, 2.24) is 19.3 Å². The number of rotatable bonds is 3. The lowest BCUT2D eigenvalue weighted by atomic mass is 10.2. The third kappa shape index (κ3) is 1.65. The van der Waals surface area contributed by atoms with Crippen molar-refractivity contribution in [1.29, 1.82) is 0 Å². The maximum atomic E-state index is 5.49. The Morgan fingerprint density at radius 3 is 2.83 bits per heavy atom. The molecule has 0 saturated heterocycles. The van der Waals surface area contributed by atoms with E-state index in [1.54, 1.807) is 0 Å². The average molecular weight is 262 g/mol. The fourth-order valence-corrected chi connectivity index (χ4v) is 3.14. The molecule has 0 fully saturated rings. The zero-order valence-electron chi connectivity index (χ0n) is 10.8. The Hall–Kier alpha value is -1.36. The third-order valence-corrected chi connectivity index (χ3v) is 3.90. The molecule has 18 heavy (non-hydrogen) atoms. The van der Waals surface area contributed by atoms with Gasteiger partial charge in [0, 0.05) is 13.1 Å². The number of nitrogens with one attached hydrogen (secondary N) is 1. The van der Waals surface area contributed by atoms with Gasteiger partial charge in [0.1, 0.15) is 5.52 Å². The van der Waals surface area contributed by atoms with Gasteiger partial charge < -0.3 is 4.98 Å². The first-order valence-corrected chi connectivity index (χ1v) is 6.94. The fourth-order valence-electron chi connectivity index (χ4n) is 2.80. The summed E-state index contributed by atoms with van der Waals surface area (Å²) in [6, 6.07) is 0.455. The highest BCUT2D eigenvalue weighted by Gasteiger charge is 2.21. The average Bonchev–Trinajstić information content (AvgIpc) is 2.99. The molecule has 3 rings (SSSR count). The smallest absolute Gasteiger partial charge is 0.179 e. The molecule has 0 aliphatic heterocycles. The monoisotopic (exact) mass is 262 g/mol. The van der Waals surface area contributed by atoms with Gasteiger partial charge in [0.15, 0.2) is 10.4 Å². The van der Waals surface area contributed by atoms with E-state index in [9.17, 15) is 0 Å². The Labute approximate surface area is 111 Å². The number of fused-ring (bicyclic) bond motifs is 1. The molecule has 0 unspecified atom stereocenters. The standard InChI is InChI=1S/C13H18N4S/c1-3-6-10-11-12(16(2)15-10)17(13(18)14-11)9-7-4-5-8-9/h4-5,9H,3,6-8H2,1-2H3,(H,14,18). The van der Waals surface area contributed by atoms with Gasteiger partial charge in [-0.25, -0.2) is 0 Å². The summed E-state index contributed by atoms with van der Waals surface area (Å²) in [5.41, 5.74) is 3.39. The van der Waals surface area contributed by atoms with E-state index in [4.69, 9.17) is 12.2 Å². The molecule has 1 aliphatic rings. The molecule has 0 bridgehead atoms. The SMILES string of the molecule is CCCc1nn(C)c2c1[nH]c(=S)n2C1CC=CC1. The van der Waals surface area contributed by atoms with Crippen LogP contribution in [0.1, 0.15) is 37.9 Å². The molecule has 0 saturated carbocycles. The van der Waals surface area contributed by atoms with E-state index in [1.807, 2.05) is 11.7 Å². The zero-order chi connectivity index (χ0) is 12.7. The lowest BCUT2D eigenvalue weighted by molar-refractivity contribution is 0.530. The number of allylic oxidation sites excluding steroid dienone is 2. The van der Waals surface area contributed by atoms with Crippen LogP contribution in [0.3, 0.4) is 0 Å². The Morgan fingerprint density at radius 2 is 2.17 bits per heavy atom. The second-order valence-electron chi connectivity index (χ2n) is 4.92. The Bertz CT molecular complexity index is 650. The number of H-pyrrole nitrogens is 1. The molecule has 1 aliphatic carbocycles. The summed E-state index contributed by atoms with van der Waals surface area (Å²) in [6.07, 6.45) is 8.69. The van der Waals surface area contributed by atoms with E-state index >= 15 is 0 Å². The Kier molecular flexibility index (Phi) is 2.86. The van der Waals surface area contributed by atoms with Crippen LogP contribution in [0.15, 0.2) is 12.2 Å². The largest absolute Gasteiger partial charge is 0.328 e. The summed E-state index contributed by atoms with van der Waals surface area (Å²) >= 11 is 5.49. The van der Waals surface area contributed by atoms with Gasteiger partial charge in [-0.15, -0.1) is 0 Å². The summed E-state index contributed by atoms with van der Waals surface area (Å²) in [6.45, 7) is 2.17. The molecule has 2 aromatic heterocycles. The van der Waals surface area contributed by atoms with Crippen molar-refractivity contribution >= 4 is 23.4 Å². The molecular formula is C13H18N4S. The van der Waals surface area contributed by atoms with Crippen LogP contribution < -0.4 is 0 Å². The van der Waals surface area contributed by atoms with Crippen LogP contribution >= 0.6 is 12.2 Å². The van der Waals surface area contributed by atoms with Crippen molar-refractivity contribution in [2.24, 2.45) is 7.05 Å². The van der Waals surface area contributed by atoms with Gasteiger partial charge in [-0.05, 0) is 31.5 Å². The predicted molar refractivity (Wildman–Crippen MR) is 75.3 cm³/mol. The Balaban J connectivity index is 2.19. The van der Waals surface area contributed by atoms with Crippen molar-refractivity contribution in [3.8, 4) is 0 Å². The highest BCUT2D eigenvalue weighted by atomic mass is 32.1. The molecule has 2 heterocycles. The van der Waals surface area contributed by atoms with Crippen LogP contribution in [0, 0.1) is 4.77 Å². The van der Waals surface area contributed by atoms with Crippen LogP contribution in [0.5, 0.6) is 0 Å². The minimum Gasteiger partial charge on any atom is -0.328 e. The molecular weight excluding hydrogens is 244 g/mol. The van der Waals surface area contributed by atoms with Crippen LogP contribution in [-0.2, 0) is 13.5 Å². The van der Waals surface area contributed by atoms with E-state index in [0.717, 1.165) is 47.3 Å². The number of imidazole rings is 1. The quantitative estimate of drug-likeness (QED) is 0.681. The summed E-state index contributed by atoms with van der Waals surface area (Å²) in [4.78, 5) is 3.34. The molecule has 0 radical (unpaired) electrons. The third-order valence-electron chi connectivity index (χ3n) is 3.60. The lowest BCUT2D eigenvalue weighted by Gasteiger charge is -2.12. The zero-order valence-corrected chi connectivity index (χ0v) is 11.6. The van der Waals surface area contributed by atoms with Gasteiger partial charge in [0.05, 0.1) is 5.69 Å². The first-order chi connectivity index (χ1) is 8.72. The normalized spacial score (nSPS) is 16.1. The van der Waals surface area contributed by atoms with Gasteiger partial charge in [-0.1, -0.05) is 25.5 Å². The Morgan fingerprint density at radius 1 is 1.44 bits per heavy atom. The molecule has 1 N–H and O–H groups in total. The molecule has 4 nitrogen and oxygen atoms in total. The van der Waals surface area contributed by atoms with Crippen LogP contribution in [0.25, 0.3) is 11.2 Å². The molecule has 5 heteroatoms. The second-order valence-corrected chi connectivity index (χ2v) is 5.30. The van der Waals surface area contributed by atoms with Gasteiger partial charge in [0.25, 0.3) is 0 Å². The number of aromatic nitrogens is 4. The molecule has 96 valence electrons. The predicted octanol–water partition coefficient (Wildman–Crippen LogP) is 3.28. The molecule has 0 spiro atoms. The first-order valence-electron chi connectivity index (χ1n) is 6.53. The molecule has 0 atom stereocenters. The maximum Gasteiger partial charge on any atom is 0.179 e. The van der Waals surface area contributed by atoms with Crippen molar-refractivity contribution in [2.45, 2.75) is 38.6 Å². The van der Waals surface area contributed by atoms with E-state index in [-0.39, 0.29) is 0 Å². The number of hydrogen-bond acceptors (Lipinski definition) is 2. The summed E-state index contributed by atoms with van der Waals surface area (Å²) < 4.78 is 5.02. The topological polar surface area (TPSA) is 38.5 Å². The van der Waals surface area contributed by atoms with Crippen LogP contribution in [0.2, 0.25) is 0 Å². The highest BCUT2D eigenvalue weighted by molar-refractivity contribution is 7.71. The van der Waals surface area contributed by atoms with Crippen LogP contribution in [-0.4, -0.2) is 19.3 Å². The maximum absolute atomic E-state index is 5.49. The fraction of sp³-hybridized carbons (Fsp3) is 0.538. The number of nitrogens with zero attached hydrogens (tertiary/aromatic N) is 3. The van der Waals surface area contributed by atoms with Crippen molar-refractivity contribution in [3.05, 3.63) is 22.6 Å². The molecule has 0 aromatic carbocycles. The number of aromatic amines is 1. The summed E-state index contributed by atoms with van der Waals surface area (Å²) in [7, 11) is 2.00. The van der Waals surface area contributed by atoms with Crippen molar-refractivity contribution in [2.75, 3.05) is 0 Å². The van der Waals surface area contributed by atoms with E-state index in [0.29, 0.717) is 6.04 Å². The molecule has 0 amide bonds. The highest BCUT2D eigenvalue weighted by Crippen LogP contribution is 2.29. The van der Waals surface area contributed by atoms with Crippen molar-refractivity contribution in [3.63, 3.8) is 0 Å². The summed E-state index contributed by atoms with van der Waals surface area (Å²) in [5, 5.41) is 4.61.